The Kier molecular flexibility index (Phi) is 3.18. The van der Waals surface area contributed by atoms with Crippen LogP contribution < -0.4 is 16.0 Å². The van der Waals surface area contributed by atoms with Crippen LogP contribution in [0.1, 0.15) is 12.8 Å². The topological polar surface area (TPSA) is 54.2 Å². The molecular formula is C13H19ClN4. The number of nitrogens with zero attached hydrogens (tertiary/aromatic N) is 2. The predicted octanol–water partition coefficient (Wildman–Crippen LogP) is 1.25. The number of nitrogens with two attached hydrogens (primary N) is 1. The molecule has 2 saturated heterocycles. The lowest BCUT2D eigenvalue weighted by Crippen LogP contribution is -2.47. The molecule has 0 aliphatic carbocycles. The number of rotatable bonds is 1. The number of pyridine rings is 1. The molecule has 2 aliphatic rings. The molecule has 2 aliphatic heterocycles. The highest BCUT2D eigenvalue weighted by molar-refractivity contribution is 6.29. The molecule has 0 amide bonds. The highest BCUT2D eigenvalue weighted by Gasteiger charge is 2.45. The van der Waals surface area contributed by atoms with Gasteiger partial charge in [0.05, 0.1) is 0 Å². The van der Waals surface area contributed by atoms with E-state index in [1.807, 2.05) is 12.1 Å². The number of hydrogen-bond acceptors (Lipinski definition) is 4. The Morgan fingerprint density at radius 1 is 1.44 bits per heavy atom. The molecule has 18 heavy (non-hydrogen) atoms. The van der Waals surface area contributed by atoms with E-state index in [9.17, 15) is 0 Å². The van der Waals surface area contributed by atoms with E-state index in [1.165, 1.54) is 12.8 Å². The van der Waals surface area contributed by atoms with Crippen molar-refractivity contribution in [3.05, 3.63) is 23.5 Å². The van der Waals surface area contributed by atoms with Gasteiger partial charge in [0.25, 0.3) is 0 Å². The molecule has 1 spiro atoms. The van der Waals surface area contributed by atoms with Crippen LogP contribution in [0, 0.1) is 5.41 Å². The summed E-state index contributed by atoms with van der Waals surface area (Å²) in [6, 6.07) is 4.19. The average Bonchev–Trinajstić information content (AvgIpc) is 2.68. The number of halogens is 1. The molecule has 1 atom stereocenters. The first-order valence-electron chi connectivity index (χ1n) is 6.52. The molecule has 1 aromatic rings. The van der Waals surface area contributed by atoms with Crippen molar-refractivity contribution >= 4 is 17.3 Å². The van der Waals surface area contributed by atoms with E-state index < -0.39 is 0 Å². The van der Waals surface area contributed by atoms with Crippen molar-refractivity contribution in [3.8, 4) is 0 Å². The van der Waals surface area contributed by atoms with Crippen LogP contribution in [-0.4, -0.2) is 37.2 Å². The Morgan fingerprint density at radius 3 is 2.94 bits per heavy atom. The molecule has 0 aromatic carbocycles. The molecule has 3 heterocycles. The molecule has 0 saturated carbocycles. The van der Waals surface area contributed by atoms with Gasteiger partial charge in [-0.05, 0) is 38.1 Å². The van der Waals surface area contributed by atoms with Gasteiger partial charge < -0.3 is 16.0 Å². The van der Waals surface area contributed by atoms with Gasteiger partial charge >= 0.3 is 0 Å². The van der Waals surface area contributed by atoms with Gasteiger partial charge in [-0.1, -0.05) is 11.6 Å². The molecule has 0 unspecified atom stereocenters. The van der Waals surface area contributed by atoms with E-state index in [-0.39, 0.29) is 11.5 Å². The number of hydrogen-bond donors (Lipinski definition) is 2. The van der Waals surface area contributed by atoms with Crippen LogP contribution in [0.3, 0.4) is 0 Å². The van der Waals surface area contributed by atoms with Crippen LogP contribution in [0.4, 0.5) is 5.69 Å². The highest BCUT2D eigenvalue weighted by atomic mass is 35.5. The lowest BCUT2D eigenvalue weighted by molar-refractivity contribution is 0.205. The lowest BCUT2D eigenvalue weighted by atomic mass is 9.75. The lowest BCUT2D eigenvalue weighted by Gasteiger charge is -2.36. The van der Waals surface area contributed by atoms with Gasteiger partial charge in [-0.3, -0.25) is 0 Å². The highest BCUT2D eigenvalue weighted by Crippen LogP contribution is 2.39. The summed E-state index contributed by atoms with van der Waals surface area (Å²) < 4.78 is 0. The summed E-state index contributed by atoms with van der Waals surface area (Å²) in [6.07, 6.45) is 4.10. The third kappa shape index (κ3) is 2.09. The van der Waals surface area contributed by atoms with E-state index in [0.717, 1.165) is 31.9 Å². The smallest absolute Gasteiger partial charge is 0.131 e. The Balaban J connectivity index is 1.81. The molecule has 5 heteroatoms. The van der Waals surface area contributed by atoms with E-state index in [1.54, 1.807) is 6.20 Å². The maximum absolute atomic E-state index is 6.39. The van der Waals surface area contributed by atoms with Crippen LogP contribution in [0.2, 0.25) is 5.15 Å². The van der Waals surface area contributed by atoms with Crippen LogP contribution in [-0.2, 0) is 0 Å². The number of anilines is 1. The monoisotopic (exact) mass is 266 g/mol. The van der Waals surface area contributed by atoms with E-state index in [0.29, 0.717) is 5.15 Å². The van der Waals surface area contributed by atoms with Gasteiger partial charge in [0, 0.05) is 36.4 Å². The number of piperidine rings is 1. The van der Waals surface area contributed by atoms with Crippen molar-refractivity contribution in [2.45, 2.75) is 18.9 Å². The SMILES string of the molecule is N[C@@H]1CN(c2ccnc(Cl)c2)CC12CCNCC2. The van der Waals surface area contributed by atoms with Crippen molar-refractivity contribution in [2.75, 3.05) is 31.1 Å². The minimum atomic E-state index is 0.256. The second-order valence-corrected chi connectivity index (χ2v) is 5.82. The first kappa shape index (κ1) is 12.2. The third-order valence-electron chi connectivity index (χ3n) is 4.38. The largest absolute Gasteiger partial charge is 0.369 e. The van der Waals surface area contributed by atoms with Gasteiger partial charge in [0.2, 0.25) is 0 Å². The molecule has 2 fully saturated rings. The number of aromatic nitrogens is 1. The second kappa shape index (κ2) is 4.68. The van der Waals surface area contributed by atoms with Crippen LogP contribution in [0.5, 0.6) is 0 Å². The van der Waals surface area contributed by atoms with Gasteiger partial charge in [-0.15, -0.1) is 0 Å². The van der Waals surface area contributed by atoms with Gasteiger partial charge in [-0.25, -0.2) is 4.98 Å². The normalized spacial score (nSPS) is 26.8. The fourth-order valence-electron chi connectivity index (χ4n) is 3.23. The first-order chi connectivity index (χ1) is 8.70. The molecule has 4 nitrogen and oxygen atoms in total. The van der Waals surface area contributed by atoms with Crippen molar-refractivity contribution in [3.63, 3.8) is 0 Å². The zero-order chi connectivity index (χ0) is 12.6. The Hall–Kier alpha value is -0.840. The van der Waals surface area contributed by atoms with Gasteiger partial charge in [-0.2, -0.15) is 0 Å². The Bertz CT molecular complexity index is 431. The van der Waals surface area contributed by atoms with Crippen LogP contribution >= 0.6 is 11.6 Å². The quantitative estimate of drug-likeness (QED) is 0.752. The molecule has 0 radical (unpaired) electrons. The summed E-state index contributed by atoms with van der Waals surface area (Å²) in [5.74, 6) is 0. The first-order valence-corrected chi connectivity index (χ1v) is 6.90. The zero-order valence-corrected chi connectivity index (χ0v) is 11.2. The minimum absolute atomic E-state index is 0.256. The fraction of sp³-hybridized carbons (Fsp3) is 0.615. The van der Waals surface area contributed by atoms with Crippen molar-refractivity contribution in [1.82, 2.24) is 10.3 Å². The van der Waals surface area contributed by atoms with E-state index >= 15 is 0 Å². The summed E-state index contributed by atoms with van der Waals surface area (Å²) in [5.41, 5.74) is 7.81. The average molecular weight is 267 g/mol. The molecule has 0 bridgehead atoms. The Morgan fingerprint density at radius 2 is 2.22 bits per heavy atom. The number of nitrogens with one attached hydrogen (secondary N) is 1. The van der Waals surface area contributed by atoms with Crippen LogP contribution in [0.15, 0.2) is 18.3 Å². The fourth-order valence-corrected chi connectivity index (χ4v) is 3.40. The predicted molar refractivity (Wildman–Crippen MR) is 74.0 cm³/mol. The second-order valence-electron chi connectivity index (χ2n) is 5.44. The maximum Gasteiger partial charge on any atom is 0.131 e. The third-order valence-corrected chi connectivity index (χ3v) is 4.59. The molecule has 3 rings (SSSR count). The molecule has 1 aromatic heterocycles. The van der Waals surface area contributed by atoms with Gasteiger partial charge in [0.15, 0.2) is 0 Å². The van der Waals surface area contributed by atoms with Crippen molar-refractivity contribution < 1.29 is 0 Å². The summed E-state index contributed by atoms with van der Waals surface area (Å²) in [7, 11) is 0. The summed E-state index contributed by atoms with van der Waals surface area (Å²) in [6.45, 7) is 4.12. The summed E-state index contributed by atoms with van der Waals surface area (Å²) in [4.78, 5) is 6.38. The molecule has 98 valence electrons. The van der Waals surface area contributed by atoms with Gasteiger partial charge in [0.1, 0.15) is 5.15 Å². The molecule has 3 N–H and O–H groups in total. The molecular weight excluding hydrogens is 248 g/mol. The zero-order valence-electron chi connectivity index (χ0n) is 10.4. The summed E-state index contributed by atoms with van der Waals surface area (Å²) >= 11 is 5.96. The summed E-state index contributed by atoms with van der Waals surface area (Å²) in [5, 5.41) is 3.96. The minimum Gasteiger partial charge on any atom is -0.369 e. The van der Waals surface area contributed by atoms with E-state index in [4.69, 9.17) is 17.3 Å². The standard InChI is InChI=1S/C13H19ClN4/c14-12-7-10(1-4-17-12)18-8-11(15)13(9-18)2-5-16-6-3-13/h1,4,7,11,16H,2-3,5-6,8-9,15H2/t11-/m1/s1. The van der Waals surface area contributed by atoms with Crippen molar-refractivity contribution in [1.29, 1.82) is 0 Å². The van der Waals surface area contributed by atoms with Crippen molar-refractivity contribution in [2.24, 2.45) is 11.1 Å². The van der Waals surface area contributed by atoms with E-state index in [2.05, 4.69) is 15.2 Å². The maximum atomic E-state index is 6.39. The Labute approximate surface area is 113 Å². The van der Waals surface area contributed by atoms with Crippen LogP contribution in [0.25, 0.3) is 0 Å².